The Morgan fingerprint density at radius 3 is 2.56 bits per heavy atom. The Bertz CT molecular complexity index is 420. The molecule has 4 heteroatoms. The number of benzene rings is 1. The molecule has 2 aromatic rings. The molecule has 0 aliphatic heterocycles. The molecule has 16 heavy (non-hydrogen) atoms. The number of H-pyrrole nitrogens is 1. The van der Waals surface area contributed by atoms with E-state index in [1.807, 2.05) is 38.1 Å². The lowest BCUT2D eigenvalue weighted by Gasteiger charge is -2.07. The van der Waals surface area contributed by atoms with Gasteiger partial charge in [0.2, 0.25) is 0 Å². The molecule has 0 unspecified atom stereocenters. The van der Waals surface area contributed by atoms with Crippen molar-refractivity contribution in [3.05, 3.63) is 36.2 Å². The van der Waals surface area contributed by atoms with Gasteiger partial charge in [0.25, 0.3) is 0 Å². The van der Waals surface area contributed by atoms with E-state index in [0.29, 0.717) is 6.61 Å². The maximum absolute atomic E-state index is 5.52. The number of rotatable bonds is 4. The van der Waals surface area contributed by atoms with Gasteiger partial charge in [-0.3, -0.25) is 5.10 Å². The van der Waals surface area contributed by atoms with Crippen molar-refractivity contribution < 1.29 is 4.74 Å². The van der Waals surface area contributed by atoms with E-state index in [2.05, 4.69) is 15.2 Å². The van der Waals surface area contributed by atoms with Crippen LogP contribution in [0.3, 0.4) is 0 Å². The second-order valence-corrected chi connectivity index (χ2v) is 3.89. The Labute approximate surface area is 94.7 Å². The molecular weight excluding hydrogens is 202 g/mol. The van der Waals surface area contributed by atoms with E-state index in [4.69, 9.17) is 4.74 Å². The van der Waals surface area contributed by atoms with E-state index in [9.17, 15) is 0 Å². The predicted molar refractivity (Wildman–Crippen MR) is 61.7 cm³/mol. The predicted octanol–water partition coefficient (Wildman–Crippen LogP) is 2.40. The third kappa shape index (κ3) is 2.67. The molecule has 0 bridgehead atoms. The van der Waals surface area contributed by atoms with Crippen LogP contribution < -0.4 is 0 Å². The van der Waals surface area contributed by atoms with Crippen LogP contribution >= 0.6 is 0 Å². The largest absolute Gasteiger partial charge is 0.374 e. The third-order valence-electron chi connectivity index (χ3n) is 2.23. The van der Waals surface area contributed by atoms with Crippen LogP contribution in [0, 0.1) is 0 Å². The molecule has 0 spiro atoms. The van der Waals surface area contributed by atoms with Crippen LogP contribution in [0.2, 0.25) is 0 Å². The van der Waals surface area contributed by atoms with Crippen molar-refractivity contribution in [1.82, 2.24) is 15.2 Å². The fourth-order valence-corrected chi connectivity index (χ4v) is 1.37. The summed E-state index contributed by atoms with van der Waals surface area (Å²) < 4.78 is 5.52. The molecule has 84 valence electrons. The number of hydrogen-bond acceptors (Lipinski definition) is 3. The lowest BCUT2D eigenvalue weighted by atomic mass is 10.1. The highest BCUT2D eigenvalue weighted by atomic mass is 16.5. The number of hydrogen-bond donors (Lipinski definition) is 1. The van der Waals surface area contributed by atoms with Gasteiger partial charge in [-0.1, -0.05) is 24.3 Å². The topological polar surface area (TPSA) is 50.8 Å². The number of aromatic amines is 1. The molecule has 0 fully saturated rings. The van der Waals surface area contributed by atoms with Gasteiger partial charge in [-0.25, -0.2) is 4.98 Å². The smallest absolute Gasteiger partial charge is 0.155 e. The van der Waals surface area contributed by atoms with Crippen LogP contribution in [-0.2, 0) is 11.3 Å². The van der Waals surface area contributed by atoms with Crippen molar-refractivity contribution in [2.24, 2.45) is 0 Å². The fraction of sp³-hybridized carbons (Fsp3) is 0.333. The third-order valence-corrected chi connectivity index (χ3v) is 2.23. The highest BCUT2D eigenvalue weighted by Gasteiger charge is 2.01. The quantitative estimate of drug-likeness (QED) is 0.855. The van der Waals surface area contributed by atoms with E-state index in [0.717, 1.165) is 17.0 Å². The first-order valence-electron chi connectivity index (χ1n) is 5.32. The zero-order chi connectivity index (χ0) is 11.4. The highest BCUT2D eigenvalue weighted by molar-refractivity contribution is 5.54. The Morgan fingerprint density at radius 1 is 1.25 bits per heavy atom. The fourth-order valence-electron chi connectivity index (χ4n) is 1.37. The van der Waals surface area contributed by atoms with Crippen LogP contribution in [0.25, 0.3) is 11.4 Å². The number of nitrogens with one attached hydrogen (secondary N) is 1. The van der Waals surface area contributed by atoms with Crippen molar-refractivity contribution in [3.63, 3.8) is 0 Å². The maximum Gasteiger partial charge on any atom is 0.155 e. The van der Waals surface area contributed by atoms with Crippen LogP contribution in [0.4, 0.5) is 0 Å². The Kier molecular flexibility index (Phi) is 3.31. The van der Waals surface area contributed by atoms with Crippen molar-refractivity contribution in [3.8, 4) is 11.4 Å². The van der Waals surface area contributed by atoms with Crippen molar-refractivity contribution in [2.75, 3.05) is 0 Å². The van der Waals surface area contributed by atoms with Crippen LogP contribution in [0.5, 0.6) is 0 Å². The van der Waals surface area contributed by atoms with E-state index < -0.39 is 0 Å². The van der Waals surface area contributed by atoms with Gasteiger partial charge in [0.15, 0.2) is 5.82 Å². The molecule has 1 heterocycles. The van der Waals surface area contributed by atoms with E-state index in [1.165, 1.54) is 6.33 Å². The molecule has 1 aromatic heterocycles. The summed E-state index contributed by atoms with van der Waals surface area (Å²) in [6, 6.07) is 8.11. The molecule has 0 aliphatic rings. The Hall–Kier alpha value is -1.68. The summed E-state index contributed by atoms with van der Waals surface area (Å²) >= 11 is 0. The molecule has 4 nitrogen and oxygen atoms in total. The van der Waals surface area contributed by atoms with Gasteiger partial charge in [0, 0.05) is 5.56 Å². The lowest BCUT2D eigenvalue weighted by Crippen LogP contribution is -2.01. The second-order valence-electron chi connectivity index (χ2n) is 3.89. The SMILES string of the molecule is CC(C)OCc1ccc(-c2ncn[nH]2)cc1. The molecule has 0 atom stereocenters. The summed E-state index contributed by atoms with van der Waals surface area (Å²) in [5.41, 5.74) is 2.20. The van der Waals surface area contributed by atoms with E-state index in [1.54, 1.807) is 0 Å². The van der Waals surface area contributed by atoms with E-state index >= 15 is 0 Å². The van der Waals surface area contributed by atoms with Crippen molar-refractivity contribution in [2.45, 2.75) is 26.6 Å². The van der Waals surface area contributed by atoms with Gasteiger partial charge in [-0.15, -0.1) is 0 Å². The van der Waals surface area contributed by atoms with Crippen molar-refractivity contribution in [1.29, 1.82) is 0 Å². The molecule has 1 N–H and O–H groups in total. The number of aromatic nitrogens is 3. The number of nitrogens with zero attached hydrogens (tertiary/aromatic N) is 2. The van der Waals surface area contributed by atoms with Crippen LogP contribution in [-0.4, -0.2) is 21.3 Å². The highest BCUT2D eigenvalue weighted by Crippen LogP contribution is 2.15. The number of ether oxygens (including phenoxy) is 1. The standard InChI is InChI=1S/C12H15N3O/c1-9(2)16-7-10-3-5-11(6-4-10)12-13-8-14-15-12/h3-6,8-9H,7H2,1-2H3,(H,13,14,15). The summed E-state index contributed by atoms with van der Waals surface area (Å²) in [6.07, 6.45) is 1.76. The summed E-state index contributed by atoms with van der Waals surface area (Å²) in [7, 11) is 0. The van der Waals surface area contributed by atoms with Gasteiger partial charge >= 0.3 is 0 Å². The summed E-state index contributed by atoms with van der Waals surface area (Å²) in [4.78, 5) is 4.09. The summed E-state index contributed by atoms with van der Waals surface area (Å²) in [5.74, 6) is 0.788. The average Bonchev–Trinajstić information content (AvgIpc) is 2.80. The second kappa shape index (κ2) is 4.90. The maximum atomic E-state index is 5.52. The first kappa shape index (κ1) is 10.8. The molecular formula is C12H15N3O. The molecule has 0 radical (unpaired) electrons. The Morgan fingerprint density at radius 2 is 2.00 bits per heavy atom. The minimum absolute atomic E-state index is 0.258. The van der Waals surface area contributed by atoms with Gasteiger partial charge in [0.1, 0.15) is 6.33 Å². The molecule has 0 saturated carbocycles. The first-order chi connectivity index (χ1) is 7.75. The first-order valence-corrected chi connectivity index (χ1v) is 5.32. The van der Waals surface area contributed by atoms with Crippen LogP contribution in [0.15, 0.2) is 30.6 Å². The van der Waals surface area contributed by atoms with Gasteiger partial charge in [-0.2, -0.15) is 5.10 Å². The van der Waals surface area contributed by atoms with Crippen molar-refractivity contribution >= 4 is 0 Å². The van der Waals surface area contributed by atoms with Gasteiger partial charge in [0.05, 0.1) is 12.7 Å². The molecule has 0 amide bonds. The van der Waals surface area contributed by atoms with Crippen LogP contribution in [0.1, 0.15) is 19.4 Å². The normalized spacial score (nSPS) is 10.9. The van der Waals surface area contributed by atoms with Gasteiger partial charge in [-0.05, 0) is 19.4 Å². The lowest BCUT2D eigenvalue weighted by molar-refractivity contribution is 0.0657. The average molecular weight is 217 g/mol. The minimum atomic E-state index is 0.258. The Balaban J connectivity index is 2.05. The molecule has 0 aliphatic carbocycles. The zero-order valence-electron chi connectivity index (χ0n) is 9.47. The van der Waals surface area contributed by atoms with Gasteiger partial charge < -0.3 is 4.74 Å². The summed E-state index contributed by atoms with van der Waals surface area (Å²) in [5, 5.41) is 6.65. The molecule has 0 saturated heterocycles. The molecule has 1 aromatic carbocycles. The minimum Gasteiger partial charge on any atom is -0.374 e. The molecule has 2 rings (SSSR count). The van der Waals surface area contributed by atoms with E-state index in [-0.39, 0.29) is 6.10 Å². The zero-order valence-corrected chi connectivity index (χ0v) is 9.47. The monoisotopic (exact) mass is 217 g/mol. The summed E-state index contributed by atoms with van der Waals surface area (Å²) in [6.45, 7) is 4.71.